The van der Waals surface area contributed by atoms with Gasteiger partial charge in [0.05, 0.1) is 5.56 Å². The molecule has 0 saturated carbocycles. The number of benzene rings is 2. The van der Waals surface area contributed by atoms with Gasteiger partial charge in [-0.25, -0.2) is 4.79 Å². The van der Waals surface area contributed by atoms with E-state index in [1.54, 1.807) is 30.8 Å². The van der Waals surface area contributed by atoms with Crippen molar-refractivity contribution in [1.29, 1.82) is 0 Å². The zero-order valence-electron chi connectivity index (χ0n) is 14.4. The summed E-state index contributed by atoms with van der Waals surface area (Å²) in [6.07, 6.45) is 4.43. The number of nitrogens with one attached hydrogen (secondary N) is 1. The maximum Gasteiger partial charge on any atom is 0.338 e. The summed E-state index contributed by atoms with van der Waals surface area (Å²) in [6, 6.07) is 13.1. The molecular formula is C20H21NO3S. The van der Waals surface area contributed by atoms with Gasteiger partial charge in [0.25, 0.3) is 5.91 Å². The number of anilines is 1. The summed E-state index contributed by atoms with van der Waals surface area (Å²) in [6.45, 7) is 1.58. The van der Waals surface area contributed by atoms with Crippen LogP contribution in [0, 0.1) is 0 Å². The van der Waals surface area contributed by atoms with E-state index in [1.165, 1.54) is 11.1 Å². The second-order valence-corrected chi connectivity index (χ2v) is 6.98. The van der Waals surface area contributed by atoms with Gasteiger partial charge < -0.3 is 10.1 Å². The van der Waals surface area contributed by atoms with Crippen LogP contribution < -0.4 is 5.32 Å². The summed E-state index contributed by atoms with van der Waals surface area (Å²) in [5.74, 6) is -0.823. The van der Waals surface area contributed by atoms with E-state index in [-0.39, 0.29) is 5.91 Å². The molecule has 2 aromatic rings. The highest BCUT2D eigenvalue weighted by Crippen LogP contribution is 2.25. The Labute approximate surface area is 152 Å². The van der Waals surface area contributed by atoms with E-state index in [0.29, 0.717) is 5.56 Å². The Balaban J connectivity index is 1.59. The highest BCUT2D eigenvalue weighted by molar-refractivity contribution is 7.98. The van der Waals surface area contributed by atoms with Crippen LogP contribution in [0.3, 0.4) is 0 Å². The molecule has 0 heterocycles. The van der Waals surface area contributed by atoms with Crippen LogP contribution >= 0.6 is 11.8 Å². The molecule has 0 aromatic heterocycles. The van der Waals surface area contributed by atoms with Gasteiger partial charge in [0.15, 0.2) is 6.10 Å². The molecule has 0 aliphatic heterocycles. The molecule has 1 aliphatic carbocycles. The van der Waals surface area contributed by atoms with Crippen LogP contribution in [0.15, 0.2) is 47.4 Å². The molecule has 4 nitrogen and oxygen atoms in total. The number of hydrogen-bond donors (Lipinski definition) is 1. The maximum absolute atomic E-state index is 12.3. The summed E-state index contributed by atoms with van der Waals surface area (Å²) < 4.78 is 5.28. The van der Waals surface area contributed by atoms with Crippen LogP contribution in [-0.2, 0) is 22.4 Å². The first-order chi connectivity index (χ1) is 12.1. The number of aryl methyl sites for hydroxylation is 2. The van der Waals surface area contributed by atoms with E-state index in [9.17, 15) is 9.59 Å². The third-order valence-electron chi connectivity index (χ3n) is 4.34. The number of hydrogen-bond acceptors (Lipinski definition) is 4. The maximum atomic E-state index is 12.3. The topological polar surface area (TPSA) is 55.4 Å². The lowest BCUT2D eigenvalue weighted by Crippen LogP contribution is -2.30. The minimum atomic E-state index is -0.860. The average Bonchev–Trinajstić information content (AvgIpc) is 3.09. The molecule has 0 radical (unpaired) electrons. The van der Waals surface area contributed by atoms with Gasteiger partial charge in [0, 0.05) is 10.6 Å². The van der Waals surface area contributed by atoms with Crippen LogP contribution in [0.1, 0.15) is 34.8 Å². The molecule has 2 aromatic carbocycles. The Morgan fingerprint density at radius 1 is 1.08 bits per heavy atom. The lowest BCUT2D eigenvalue weighted by atomic mass is 10.1. The Bertz CT molecular complexity index is 786. The zero-order chi connectivity index (χ0) is 17.8. The molecule has 0 unspecified atom stereocenters. The van der Waals surface area contributed by atoms with Crippen molar-refractivity contribution in [3.8, 4) is 0 Å². The third-order valence-corrected chi connectivity index (χ3v) is 5.09. The normalized spacial score (nSPS) is 13.8. The number of carbonyl (C=O) groups is 2. The van der Waals surface area contributed by atoms with Crippen molar-refractivity contribution in [2.45, 2.75) is 37.2 Å². The summed E-state index contributed by atoms with van der Waals surface area (Å²) in [4.78, 5) is 25.5. The minimum Gasteiger partial charge on any atom is -0.449 e. The van der Waals surface area contributed by atoms with Crippen molar-refractivity contribution in [2.75, 3.05) is 11.6 Å². The lowest BCUT2D eigenvalue weighted by molar-refractivity contribution is -0.123. The van der Waals surface area contributed by atoms with Crippen LogP contribution in [0.2, 0.25) is 0 Å². The molecule has 3 rings (SSSR count). The SMILES string of the molecule is CSc1ccc(C(=O)O[C@@H](C)C(=O)Nc2ccc3c(c2)CCC3)cc1. The molecule has 25 heavy (non-hydrogen) atoms. The van der Waals surface area contributed by atoms with Crippen molar-refractivity contribution in [3.05, 3.63) is 59.2 Å². The monoisotopic (exact) mass is 355 g/mol. The van der Waals surface area contributed by atoms with E-state index in [0.717, 1.165) is 29.8 Å². The number of esters is 1. The zero-order valence-corrected chi connectivity index (χ0v) is 15.2. The van der Waals surface area contributed by atoms with Crippen molar-refractivity contribution < 1.29 is 14.3 Å². The van der Waals surface area contributed by atoms with Crippen molar-refractivity contribution >= 4 is 29.3 Å². The predicted octanol–water partition coefficient (Wildman–Crippen LogP) is 4.08. The fraction of sp³-hybridized carbons (Fsp3) is 0.300. The quantitative estimate of drug-likeness (QED) is 0.648. The standard InChI is InChI=1S/C20H21NO3S/c1-13(24-20(23)15-7-10-18(25-2)11-8-15)19(22)21-17-9-6-14-4-3-5-16(14)12-17/h6-13H,3-5H2,1-2H3,(H,21,22)/t13-/m0/s1. The van der Waals surface area contributed by atoms with E-state index in [1.807, 2.05) is 30.5 Å². The Morgan fingerprint density at radius 2 is 1.80 bits per heavy atom. The van der Waals surface area contributed by atoms with Gasteiger partial charge in [-0.1, -0.05) is 6.07 Å². The first kappa shape index (κ1) is 17.5. The second kappa shape index (κ2) is 7.74. The molecule has 0 saturated heterocycles. The third kappa shape index (κ3) is 4.23. The first-order valence-electron chi connectivity index (χ1n) is 8.34. The van der Waals surface area contributed by atoms with Crippen LogP contribution in [0.25, 0.3) is 0 Å². The van der Waals surface area contributed by atoms with Gasteiger partial charge in [-0.2, -0.15) is 0 Å². The Hall–Kier alpha value is -2.27. The Kier molecular flexibility index (Phi) is 5.43. The number of ether oxygens (including phenoxy) is 1. The number of carbonyl (C=O) groups excluding carboxylic acids is 2. The smallest absolute Gasteiger partial charge is 0.338 e. The second-order valence-electron chi connectivity index (χ2n) is 6.10. The van der Waals surface area contributed by atoms with Crippen molar-refractivity contribution in [3.63, 3.8) is 0 Å². The lowest BCUT2D eigenvalue weighted by Gasteiger charge is -2.14. The van der Waals surface area contributed by atoms with E-state index in [2.05, 4.69) is 11.4 Å². The predicted molar refractivity (Wildman–Crippen MR) is 100 cm³/mol. The first-order valence-corrected chi connectivity index (χ1v) is 9.57. The van der Waals surface area contributed by atoms with E-state index >= 15 is 0 Å². The van der Waals surface area contributed by atoms with Gasteiger partial charge in [0.1, 0.15) is 0 Å². The van der Waals surface area contributed by atoms with Crippen molar-refractivity contribution in [1.82, 2.24) is 0 Å². The molecule has 0 bridgehead atoms. The van der Waals surface area contributed by atoms with Gasteiger partial charge >= 0.3 is 5.97 Å². The number of thioether (sulfide) groups is 1. The fourth-order valence-corrected chi connectivity index (χ4v) is 3.31. The highest BCUT2D eigenvalue weighted by atomic mass is 32.2. The highest BCUT2D eigenvalue weighted by Gasteiger charge is 2.20. The molecule has 1 aliphatic rings. The molecule has 1 atom stereocenters. The summed E-state index contributed by atoms with van der Waals surface area (Å²) in [5.41, 5.74) is 3.83. The molecule has 1 amide bonds. The number of fused-ring (bicyclic) bond motifs is 1. The van der Waals surface area contributed by atoms with Gasteiger partial charge in [0.2, 0.25) is 0 Å². The van der Waals surface area contributed by atoms with E-state index < -0.39 is 12.1 Å². The summed E-state index contributed by atoms with van der Waals surface area (Å²) >= 11 is 1.60. The largest absolute Gasteiger partial charge is 0.449 e. The summed E-state index contributed by atoms with van der Waals surface area (Å²) in [5, 5.41) is 2.83. The minimum absolute atomic E-state index is 0.327. The molecule has 130 valence electrons. The summed E-state index contributed by atoms with van der Waals surface area (Å²) in [7, 11) is 0. The molecule has 5 heteroatoms. The van der Waals surface area contributed by atoms with E-state index in [4.69, 9.17) is 4.74 Å². The van der Waals surface area contributed by atoms with Crippen LogP contribution in [0.5, 0.6) is 0 Å². The van der Waals surface area contributed by atoms with Crippen molar-refractivity contribution in [2.24, 2.45) is 0 Å². The Morgan fingerprint density at radius 3 is 2.52 bits per heavy atom. The number of amides is 1. The van der Waals surface area contributed by atoms with Crippen LogP contribution in [0.4, 0.5) is 5.69 Å². The van der Waals surface area contributed by atoms with Gasteiger partial charge in [-0.3, -0.25) is 4.79 Å². The molecule has 1 N–H and O–H groups in total. The number of rotatable bonds is 5. The van der Waals surface area contributed by atoms with Crippen LogP contribution in [-0.4, -0.2) is 24.2 Å². The van der Waals surface area contributed by atoms with Gasteiger partial charge in [-0.15, -0.1) is 11.8 Å². The van der Waals surface area contributed by atoms with Gasteiger partial charge in [-0.05, 0) is 80.0 Å². The fourth-order valence-electron chi connectivity index (χ4n) is 2.90. The molecule has 0 fully saturated rings. The molecular weight excluding hydrogens is 334 g/mol. The average molecular weight is 355 g/mol. The molecule has 0 spiro atoms.